The molecule has 1 aromatic heterocycles. The molecule has 0 aliphatic carbocycles. The van der Waals surface area contributed by atoms with E-state index in [1.165, 1.54) is 6.07 Å². The molecule has 1 heterocycles. The molecule has 4 aromatic rings. The minimum absolute atomic E-state index is 0.142. The first-order chi connectivity index (χ1) is 13.2. The van der Waals surface area contributed by atoms with Crippen LogP contribution in [0.2, 0.25) is 0 Å². The summed E-state index contributed by atoms with van der Waals surface area (Å²) in [7, 11) is 0. The molecule has 0 bridgehead atoms. The van der Waals surface area contributed by atoms with Crippen LogP contribution in [0, 0.1) is 11.3 Å². The van der Waals surface area contributed by atoms with Gasteiger partial charge < -0.3 is 9.84 Å². The Labute approximate surface area is 156 Å². The second-order valence-corrected chi connectivity index (χ2v) is 6.15. The summed E-state index contributed by atoms with van der Waals surface area (Å²) < 4.78 is 5.83. The van der Waals surface area contributed by atoms with Gasteiger partial charge in [-0.1, -0.05) is 36.4 Å². The maximum Gasteiger partial charge on any atom is 0.130 e. The fourth-order valence-corrected chi connectivity index (χ4v) is 2.91. The molecule has 1 N–H and O–H groups in total. The number of nitriles is 1. The van der Waals surface area contributed by atoms with E-state index in [0.29, 0.717) is 23.5 Å². The van der Waals surface area contributed by atoms with Crippen LogP contribution in [0.25, 0.3) is 22.0 Å². The van der Waals surface area contributed by atoms with E-state index < -0.39 is 0 Å². The highest BCUT2D eigenvalue weighted by molar-refractivity contribution is 5.78. The lowest BCUT2D eigenvalue weighted by Crippen LogP contribution is -1.98. The first kappa shape index (κ1) is 16.6. The summed E-state index contributed by atoms with van der Waals surface area (Å²) in [6, 6.07) is 26.3. The average Bonchev–Trinajstić information content (AvgIpc) is 2.73. The summed E-state index contributed by atoms with van der Waals surface area (Å²) in [5, 5.41) is 20.2. The number of phenols is 1. The number of pyridine rings is 1. The summed E-state index contributed by atoms with van der Waals surface area (Å²) in [4.78, 5) is 4.60. The molecule has 0 aliphatic heterocycles. The van der Waals surface area contributed by atoms with E-state index in [2.05, 4.69) is 11.1 Å². The van der Waals surface area contributed by atoms with E-state index in [1.807, 2.05) is 60.7 Å². The van der Waals surface area contributed by atoms with Crippen LogP contribution in [0.4, 0.5) is 0 Å². The van der Waals surface area contributed by atoms with Gasteiger partial charge in [0, 0.05) is 10.9 Å². The van der Waals surface area contributed by atoms with Gasteiger partial charge in [-0.15, -0.1) is 0 Å². The van der Waals surface area contributed by atoms with E-state index in [4.69, 9.17) is 10.00 Å². The zero-order chi connectivity index (χ0) is 18.6. The van der Waals surface area contributed by atoms with Gasteiger partial charge in [0.25, 0.3) is 0 Å². The van der Waals surface area contributed by atoms with Gasteiger partial charge in [0.1, 0.15) is 18.1 Å². The number of aromatic hydroxyl groups is 1. The van der Waals surface area contributed by atoms with Crippen molar-refractivity contribution in [1.82, 2.24) is 4.98 Å². The molecule has 0 unspecified atom stereocenters. The summed E-state index contributed by atoms with van der Waals surface area (Å²) in [5.41, 5.74) is 3.75. The predicted molar refractivity (Wildman–Crippen MR) is 104 cm³/mol. The van der Waals surface area contributed by atoms with Crippen molar-refractivity contribution in [1.29, 1.82) is 5.26 Å². The Hall–Kier alpha value is -3.84. The maximum absolute atomic E-state index is 10.0. The standard InChI is InChI=1S/C23H16N2O2/c24-14-16-5-12-23(26)21(13-16)17-7-10-20(11-8-17)27-15-19-9-6-18-3-1-2-4-22(18)25-19/h1-13,26H,15H2. The smallest absolute Gasteiger partial charge is 0.130 e. The summed E-state index contributed by atoms with van der Waals surface area (Å²) in [6.07, 6.45) is 0. The van der Waals surface area contributed by atoms with Gasteiger partial charge >= 0.3 is 0 Å². The molecule has 4 rings (SSSR count). The van der Waals surface area contributed by atoms with Crippen molar-refractivity contribution in [2.75, 3.05) is 0 Å². The fourth-order valence-electron chi connectivity index (χ4n) is 2.91. The van der Waals surface area contributed by atoms with Crippen LogP contribution in [-0.2, 0) is 6.61 Å². The number of ether oxygens (including phenoxy) is 1. The Kier molecular flexibility index (Phi) is 4.42. The maximum atomic E-state index is 10.0. The molecule has 0 amide bonds. The van der Waals surface area contributed by atoms with Crippen molar-refractivity contribution in [2.24, 2.45) is 0 Å². The van der Waals surface area contributed by atoms with Crippen LogP contribution >= 0.6 is 0 Å². The lowest BCUT2D eigenvalue weighted by molar-refractivity contribution is 0.302. The highest BCUT2D eigenvalue weighted by Crippen LogP contribution is 2.31. The molecule has 0 aliphatic rings. The molecule has 0 spiro atoms. The van der Waals surface area contributed by atoms with Gasteiger partial charge in [0.05, 0.1) is 22.8 Å². The number of rotatable bonds is 4. The van der Waals surface area contributed by atoms with Crippen molar-refractivity contribution in [2.45, 2.75) is 6.61 Å². The molecule has 4 nitrogen and oxygen atoms in total. The third-order valence-corrected chi connectivity index (χ3v) is 4.33. The molecule has 0 fully saturated rings. The number of hydrogen-bond donors (Lipinski definition) is 1. The van der Waals surface area contributed by atoms with Gasteiger partial charge in [-0.05, 0) is 48.0 Å². The van der Waals surface area contributed by atoms with Crippen molar-refractivity contribution in [3.05, 3.63) is 90.1 Å². The lowest BCUT2D eigenvalue weighted by Gasteiger charge is -2.09. The largest absolute Gasteiger partial charge is 0.507 e. The Morgan fingerprint density at radius 3 is 2.56 bits per heavy atom. The normalized spacial score (nSPS) is 10.5. The fraction of sp³-hybridized carbons (Fsp3) is 0.0435. The zero-order valence-electron chi connectivity index (χ0n) is 14.5. The van der Waals surface area contributed by atoms with E-state index in [9.17, 15) is 5.11 Å². The number of aromatic nitrogens is 1. The van der Waals surface area contributed by atoms with Crippen LogP contribution in [0.5, 0.6) is 11.5 Å². The Balaban J connectivity index is 1.50. The van der Waals surface area contributed by atoms with Crippen molar-refractivity contribution < 1.29 is 9.84 Å². The minimum Gasteiger partial charge on any atom is -0.507 e. The second-order valence-electron chi connectivity index (χ2n) is 6.15. The van der Waals surface area contributed by atoms with Gasteiger partial charge in [0.2, 0.25) is 0 Å². The van der Waals surface area contributed by atoms with Crippen LogP contribution < -0.4 is 4.74 Å². The Morgan fingerprint density at radius 2 is 1.74 bits per heavy atom. The van der Waals surface area contributed by atoms with Gasteiger partial charge in [-0.25, -0.2) is 4.98 Å². The first-order valence-corrected chi connectivity index (χ1v) is 8.54. The quantitative estimate of drug-likeness (QED) is 0.557. The Bertz CT molecular complexity index is 1150. The summed E-state index contributed by atoms with van der Waals surface area (Å²) in [6.45, 7) is 0.374. The highest BCUT2D eigenvalue weighted by atomic mass is 16.5. The lowest BCUT2D eigenvalue weighted by atomic mass is 10.0. The SMILES string of the molecule is N#Cc1ccc(O)c(-c2ccc(OCc3ccc4ccccc4n3)cc2)c1. The van der Waals surface area contributed by atoms with Gasteiger partial charge in [-0.3, -0.25) is 0 Å². The van der Waals surface area contributed by atoms with Crippen LogP contribution in [0.15, 0.2) is 78.9 Å². The van der Waals surface area contributed by atoms with Crippen molar-refractivity contribution in [3.8, 4) is 28.7 Å². The zero-order valence-corrected chi connectivity index (χ0v) is 14.5. The molecule has 0 saturated heterocycles. The highest BCUT2D eigenvalue weighted by Gasteiger charge is 2.06. The third-order valence-electron chi connectivity index (χ3n) is 4.33. The van der Waals surface area contributed by atoms with Gasteiger partial charge in [0.15, 0.2) is 0 Å². The first-order valence-electron chi connectivity index (χ1n) is 8.54. The van der Waals surface area contributed by atoms with Crippen LogP contribution in [0.1, 0.15) is 11.3 Å². The Morgan fingerprint density at radius 1 is 0.926 bits per heavy atom. The molecular weight excluding hydrogens is 336 g/mol. The molecule has 0 radical (unpaired) electrons. The van der Waals surface area contributed by atoms with Crippen LogP contribution in [-0.4, -0.2) is 10.1 Å². The van der Waals surface area contributed by atoms with Crippen LogP contribution in [0.3, 0.4) is 0 Å². The molecule has 130 valence electrons. The molecular formula is C23H16N2O2. The third kappa shape index (κ3) is 3.58. The van der Waals surface area contributed by atoms with E-state index in [-0.39, 0.29) is 5.75 Å². The van der Waals surface area contributed by atoms with E-state index >= 15 is 0 Å². The summed E-state index contributed by atoms with van der Waals surface area (Å²) in [5.74, 6) is 0.854. The number of benzene rings is 3. The number of hydrogen-bond acceptors (Lipinski definition) is 4. The van der Waals surface area contributed by atoms with Crippen molar-refractivity contribution >= 4 is 10.9 Å². The summed E-state index contributed by atoms with van der Waals surface area (Å²) >= 11 is 0. The average molecular weight is 352 g/mol. The van der Waals surface area contributed by atoms with Gasteiger partial charge in [-0.2, -0.15) is 5.26 Å². The topological polar surface area (TPSA) is 66.1 Å². The van der Waals surface area contributed by atoms with Crippen molar-refractivity contribution in [3.63, 3.8) is 0 Å². The molecule has 27 heavy (non-hydrogen) atoms. The minimum atomic E-state index is 0.142. The monoisotopic (exact) mass is 352 g/mol. The molecule has 0 saturated carbocycles. The number of fused-ring (bicyclic) bond motifs is 1. The van der Waals surface area contributed by atoms with E-state index in [1.54, 1.807) is 12.1 Å². The predicted octanol–water partition coefficient (Wildman–Crippen LogP) is 5.06. The van der Waals surface area contributed by atoms with E-state index in [0.717, 1.165) is 22.2 Å². The second kappa shape index (κ2) is 7.19. The molecule has 0 atom stereocenters. The number of phenolic OH excluding ortho intramolecular Hbond substituents is 1. The molecule has 4 heteroatoms. The molecule has 3 aromatic carbocycles. The number of para-hydroxylation sites is 1. The number of nitrogens with zero attached hydrogens (tertiary/aromatic N) is 2.